The van der Waals surface area contributed by atoms with Crippen molar-refractivity contribution in [3.05, 3.63) is 0 Å². The van der Waals surface area contributed by atoms with Crippen LogP contribution in [-0.4, -0.2) is 78.0 Å². The fraction of sp³-hybridized carbons (Fsp3) is 0.800. The summed E-state index contributed by atoms with van der Waals surface area (Å²) in [5.74, 6) is 0. The van der Waals surface area contributed by atoms with Gasteiger partial charge in [-0.3, -0.25) is 0 Å². The minimum Gasteiger partial charge on any atom is -0.453 e. The van der Waals surface area contributed by atoms with E-state index in [1.807, 2.05) is 0 Å². The van der Waals surface area contributed by atoms with Gasteiger partial charge in [0.2, 0.25) is 0 Å². The van der Waals surface area contributed by atoms with Gasteiger partial charge in [0.1, 0.15) is 0 Å². The van der Waals surface area contributed by atoms with E-state index >= 15 is 0 Å². The quantitative estimate of drug-likeness (QED) is 0.213. The molecule has 0 radical (unpaired) electrons. The first-order valence-corrected chi connectivity index (χ1v) is 10.7. The van der Waals surface area contributed by atoms with E-state index in [1.54, 1.807) is 0 Å². The second kappa shape index (κ2) is 18.8. The smallest absolute Gasteiger partial charge is 0.407 e. The van der Waals surface area contributed by atoms with Gasteiger partial charge in [0, 0.05) is 25.2 Å². The van der Waals surface area contributed by atoms with Gasteiger partial charge >= 0.3 is 24.4 Å². The number of nitrogens with one attached hydrogen (secondary N) is 4. The molecule has 0 fully saturated rings. The van der Waals surface area contributed by atoms with Crippen LogP contribution < -0.4 is 21.3 Å². The topological polar surface area (TPSA) is 153 Å². The van der Waals surface area contributed by atoms with Crippen LogP contribution in [-0.2, 0) is 18.9 Å². The number of alkyl carbamates (subject to hydrolysis) is 4. The highest BCUT2D eigenvalue weighted by molar-refractivity contribution is 5.69. The Balaban J connectivity index is 4.10. The SMILES string of the molecule is COC(=O)NCC(CCCCCCCCC(CNC(=O)OC)NC(=O)OC)NC(=O)OC. The van der Waals surface area contributed by atoms with Gasteiger partial charge in [-0.15, -0.1) is 0 Å². The van der Waals surface area contributed by atoms with Crippen molar-refractivity contribution in [3.8, 4) is 0 Å². The predicted octanol–water partition coefficient (Wildman–Crippen LogP) is 2.27. The largest absolute Gasteiger partial charge is 0.453 e. The fourth-order valence-electron chi connectivity index (χ4n) is 2.95. The van der Waals surface area contributed by atoms with E-state index in [1.165, 1.54) is 28.4 Å². The molecule has 0 saturated carbocycles. The van der Waals surface area contributed by atoms with Gasteiger partial charge in [-0.05, 0) is 12.8 Å². The average Bonchev–Trinajstić information content (AvgIpc) is 2.80. The Hall–Kier alpha value is -2.92. The normalized spacial score (nSPS) is 12.0. The average molecular weight is 463 g/mol. The van der Waals surface area contributed by atoms with E-state index in [4.69, 9.17) is 0 Å². The lowest BCUT2D eigenvalue weighted by atomic mass is 10.0. The van der Waals surface area contributed by atoms with Crippen molar-refractivity contribution in [2.24, 2.45) is 0 Å². The maximum atomic E-state index is 11.4. The van der Waals surface area contributed by atoms with Crippen LogP contribution in [0.25, 0.3) is 0 Å². The molecule has 0 saturated heterocycles. The molecule has 0 spiro atoms. The van der Waals surface area contributed by atoms with Crippen LogP contribution in [0.15, 0.2) is 0 Å². The lowest BCUT2D eigenvalue weighted by molar-refractivity contribution is 0.159. The molecule has 12 nitrogen and oxygen atoms in total. The third kappa shape index (κ3) is 15.9. The third-order valence-electron chi connectivity index (χ3n) is 4.73. The van der Waals surface area contributed by atoms with E-state index in [0.29, 0.717) is 12.8 Å². The van der Waals surface area contributed by atoms with Gasteiger partial charge in [-0.1, -0.05) is 38.5 Å². The number of methoxy groups -OCH3 is 4. The zero-order valence-corrected chi connectivity index (χ0v) is 19.5. The number of unbranched alkanes of at least 4 members (excludes halogenated alkanes) is 5. The van der Waals surface area contributed by atoms with Gasteiger partial charge in [-0.2, -0.15) is 0 Å². The molecule has 2 unspecified atom stereocenters. The van der Waals surface area contributed by atoms with Crippen LogP contribution >= 0.6 is 0 Å². The maximum Gasteiger partial charge on any atom is 0.407 e. The summed E-state index contributed by atoms with van der Waals surface area (Å²) < 4.78 is 18.3. The molecule has 4 N–H and O–H groups in total. The zero-order valence-electron chi connectivity index (χ0n) is 19.5. The van der Waals surface area contributed by atoms with Crippen LogP contribution in [0.4, 0.5) is 19.2 Å². The monoisotopic (exact) mass is 462 g/mol. The van der Waals surface area contributed by atoms with Crippen LogP contribution in [0.5, 0.6) is 0 Å². The molecule has 2 atom stereocenters. The molecular formula is C20H38N4O8. The second-order valence-corrected chi connectivity index (χ2v) is 7.11. The predicted molar refractivity (Wildman–Crippen MR) is 116 cm³/mol. The van der Waals surface area contributed by atoms with Crippen molar-refractivity contribution in [1.82, 2.24) is 21.3 Å². The van der Waals surface area contributed by atoms with Crippen molar-refractivity contribution in [1.29, 1.82) is 0 Å². The lowest BCUT2D eigenvalue weighted by Crippen LogP contribution is -2.43. The maximum absolute atomic E-state index is 11.4. The van der Waals surface area contributed by atoms with Crippen molar-refractivity contribution in [2.45, 2.75) is 63.5 Å². The second-order valence-electron chi connectivity index (χ2n) is 7.11. The third-order valence-corrected chi connectivity index (χ3v) is 4.73. The highest BCUT2D eigenvalue weighted by Gasteiger charge is 2.15. The number of hydrogen-bond acceptors (Lipinski definition) is 8. The molecule has 0 aromatic carbocycles. The molecule has 0 aliphatic carbocycles. The fourth-order valence-corrected chi connectivity index (χ4v) is 2.95. The van der Waals surface area contributed by atoms with Crippen molar-refractivity contribution in [2.75, 3.05) is 41.5 Å². The summed E-state index contributed by atoms with van der Waals surface area (Å²) in [7, 11) is 5.14. The first-order valence-electron chi connectivity index (χ1n) is 10.7. The van der Waals surface area contributed by atoms with E-state index in [9.17, 15) is 19.2 Å². The highest BCUT2D eigenvalue weighted by atomic mass is 16.5. The number of rotatable bonds is 15. The Labute approximate surface area is 189 Å². The summed E-state index contributed by atoms with van der Waals surface area (Å²) in [4.78, 5) is 45.3. The van der Waals surface area contributed by atoms with Gasteiger partial charge in [0.25, 0.3) is 0 Å². The molecule has 186 valence electrons. The zero-order chi connectivity index (χ0) is 24.2. The Kier molecular flexibility index (Phi) is 17.1. The van der Waals surface area contributed by atoms with Gasteiger partial charge in [-0.25, -0.2) is 19.2 Å². The van der Waals surface area contributed by atoms with Gasteiger partial charge < -0.3 is 40.2 Å². The number of amides is 4. The lowest BCUT2D eigenvalue weighted by Gasteiger charge is -2.18. The van der Waals surface area contributed by atoms with Gasteiger partial charge in [0.05, 0.1) is 28.4 Å². The van der Waals surface area contributed by atoms with Crippen LogP contribution in [0, 0.1) is 0 Å². The Bertz CT molecular complexity index is 514. The molecule has 0 bridgehead atoms. The summed E-state index contributed by atoms with van der Waals surface area (Å²) >= 11 is 0. The first-order chi connectivity index (χ1) is 15.4. The molecule has 32 heavy (non-hydrogen) atoms. The number of carbonyl (C=O) groups is 4. The molecule has 0 aromatic heterocycles. The van der Waals surface area contributed by atoms with E-state index in [0.717, 1.165) is 38.5 Å². The number of hydrogen-bond donors (Lipinski definition) is 4. The molecule has 0 heterocycles. The first kappa shape index (κ1) is 29.1. The Morgan fingerprint density at radius 3 is 1.16 bits per heavy atom. The van der Waals surface area contributed by atoms with Crippen molar-refractivity contribution in [3.63, 3.8) is 0 Å². The Morgan fingerprint density at radius 1 is 0.531 bits per heavy atom. The van der Waals surface area contributed by atoms with Crippen LogP contribution in [0.3, 0.4) is 0 Å². The molecule has 4 amide bonds. The minimum atomic E-state index is -0.552. The highest BCUT2D eigenvalue weighted by Crippen LogP contribution is 2.11. The van der Waals surface area contributed by atoms with Gasteiger partial charge in [0.15, 0.2) is 0 Å². The summed E-state index contributed by atoms with van der Waals surface area (Å²) in [6.07, 6.45) is 4.96. The summed E-state index contributed by atoms with van der Waals surface area (Å²) in [5, 5.41) is 10.5. The molecule has 0 aliphatic heterocycles. The van der Waals surface area contributed by atoms with Crippen molar-refractivity contribution >= 4 is 24.4 Å². The van der Waals surface area contributed by atoms with E-state index < -0.39 is 24.4 Å². The van der Waals surface area contributed by atoms with E-state index in [2.05, 4.69) is 40.2 Å². The van der Waals surface area contributed by atoms with Crippen LogP contribution in [0.1, 0.15) is 51.4 Å². The summed E-state index contributed by atoms with van der Waals surface area (Å²) in [6, 6.07) is -0.483. The molecule has 0 aliphatic rings. The summed E-state index contributed by atoms with van der Waals surface area (Å²) in [5.41, 5.74) is 0. The number of ether oxygens (including phenoxy) is 4. The molecule has 0 aromatic rings. The molecule has 12 heteroatoms. The standard InChI is InChI=1S/C20H38N4O8/c1-29-17(25)21-13-15(23-19(27)31-3)11-9-7-5-6-8-10-12-16(24-20(28)32-4)14-22-18(26)30-2/h15-16H,5-14H2,1-4H3,(H,21,25)(H,22,26)(H,23,27)(H,24,28). The van der Waals surface area contributed by atoms with Crippen molar-refractivity contribution < 1.29 is 38.1 Å². The Morgan fingerprint density at radius 2 is 0.844 bits per heavy atom. The van der Waals surface area contributed by atoms with E-state index in [-0.39, 0.29) is 25.2 Å². The number of carbonyl (C=O) groups excluding carboxylic acids is 4. The minimum absolute atomic E-state index is 0.242. The molecular weight excluding hydrogens is 424 g/mol. The molecule has 0 rings (SSSR count). The van der Waals surface area contributed by atoms with Crippen LogP contribution in [0.2, 0.25) is 0 Å². The summed E-state index contributed by atoms with van der Waals surface area (Å²) in [6.45, 7) is 0.520.